The molecule has 26 heavy (non-hydrogen) atoms. The summed E-state index contributed by atoms with van der Waals surface area (Å²) in [6, 6.07) is 18.2. The molecule has 0 spiro atoms. The highest BCUT2D eigenvalue weighted by Crippen LogP contribution is 2.16. The maximum atomic E-state index is 12.4. The van der Waals surface area contributed by atoms with Gasteiger partial charge in [-0.2, -0.15) is 5.10 Å². The molecular formula is C20H18N4O2. The highest BCUT2D eigenvalue weighted by atomic mass is 16.5. The summed E-state index contributed by atoms with van der Waals surface area (Å²) in [5.41, 5.74) is 2.06. The molecule has 0 aliphatic rings. The summed E-state index contributed by atoms with van der Waals surface area (Å²) in [6.07, 6.45) is 4.24. The smallest absolute Gasteiger partial charge is 0.209 e. The molecule has 0 atom stereocenters. The molecule has 1 heterocycles. The van der Waals surface area contributed by atoms with Gasteiger partial charge < -0.3 is 15.5 Å². The van der Waals surface area contributed by atoms with Crippen molar-refractivity contribution in [1.29, 1.82) is 5.41 Å². The van der Waals surface area contributed by atoms with E-state index in [2.05, 4.69) is 10.4 Å². The van der Waals surface area contributed by atoms with Crippen LogP contribution < -0.4 is 15.5 Å². The summed E-state index contributed by atoms with van der Waals surface area (Å²) in [4.78, 5) is 12.4. The summed E-state index contributed by atoms with van der Waals surface area (Å²) in [5.74, 6) is 0.741. The van der Waals surface area contributed by atoms with Crippen LogP contribution in [0, 0.1) is 5.41 Å². The fourth-order valence-electron chi connectivity index (χ4n) is 2.41. The van der Waals surface area contributed by atoms with Gasteiger partial charge in [0.25, 0.3) is 0 Å². The van der Waals surface area contributed by atoms with Crippen LogP contribution in [0.5, 0.6) is 5.75 Å². The van der Waals surface area contributed by atoms with Crippen molar-refractivity contribution >= 4 is 17.6 Å². The van der Waals surface area contributed by atoms with Crippen molar-refractivity contribution in [3.63, 3.8) is 0 Å². The fourth-order valence-corrected chi connectivity index (χ4v) is 2.41. The minimum absolute atomic E-state index is 0.230. The van der Waals surface area contributed by atoms with Crippen LogP contribution in [0.15, 0.2) is 77.7 Å². The van der Waals surface area contributed by atoms with Crippen molar-refractivity contribution in [2.75, 3.05) is 12.4 Å². The minimum atomic E-state index is -0.230. The van der Waals surface area contributed by atoms with Gasteiger partial charge in [0.2, 0.25) is 5.43 Å². The molecule has 0 bridgehead atoms. The number of methoxy groups -OCH3 is 1. The summed E-state index contributed by atoms with van der Waals surface area (Å²) >= 11 is 0. The van der Waals surface area contributed by atoms with Crippen molar-refractivity contribution in [1.82, 2.24) is 9.78 Å². The van der Waals surface area contributed by atoms with Gasteiger partial charge in [0.1, 0.15) is 5.75 Å². The number of nitrogens with one attached hydrogen (secondary N) is 2. The van der Waals surface area contributed by atoms with Crippen LogP contribution in [-0.2, 0) is 0 Å². The molecule has 0 saturated carbocycles. The molecule has 0 unspecified atom stereocenters. The zero-order valence-corrected chi connectivity index (χ0v) is 14.2. The molecular weight excluding hydrogens is 328 g/mol. The van der Waals surface area contributed by atoms with Crippen LogP contribution >= 0.6 is 0 Å². The largest absolute Gasteiger partial charge is 0.497 e. The molecule has 0 fully saturated rings. The second kappa shape index (κ2) is 7.94. The maximum absolute atomic E-state index is 12.4. The van der Waals surface area contributed by atoms with E-state index < -0.39 is 0 Å². The molecule has 0 amide bonds. The minimum Gasteiger partial charge on any atom is -0.497 e. The van der Waals surface area contributed by atoms with Crippen molar-refractivity contribution in [2.45, 2.75) is 0 Å². The van der Waals surface area contributed by atoms with E-state index in [1.807, 2.05) is 54.6 Å². The number of anilines is 1. The lowest BCUT2D eigenvalue weighted by molar-refractivity contribution is 0.414. The van der Waals surface area contributed by atoms with Gasteiger partial charge in [-0.25, -0.2) is 4.68 Å². The van der Waals surface area contributed by atoms with Gasteiger partial charge in [-0.15, -0.1) is 0 Å². The topological polar surface area (TPSA) is 80.0 Å². The van der Waals surface area contributed by atoms with Crippen LogP contribution in [0.2, 0.25) is 0 Å². The number of benzene rings is 2. The molecule has 6 heteroatoms. The van der Waals surface area contributed by atoms with Crippen LogP contribution in [0.4, 0.5) is 5.69 Å². The monoisotopic (exact) mass is 346 g/mol. The van der Waals surface area contributed by atoms with E-state index in [-0.39, 0.29) is 11.1 Å². The molecule has 6 nitrogen and oxygen atoms in total. The van der Waals surface area contributed by atoms with E-state index >= 15 is 0 Å². The second-order valence-corrected chi connectivity index (χ2v) is 5.41. The lowest BCUT2D eigenvalue weighted by Gasteiger charge is -2.12. The Kier molecular flexibility index (Phi) is 5.24. The Morgan fingerprint density at radius 1 is 1.12 bits per heavy atom. The zero-order chi connectivity index (χ0) is 18.4. The highest BCUT2D eigenvalue weighted by Gasteiger charge is 2.10. The first-order valence-electron chi connectivity index (χ1n) is 7.99. The number of para-hydroxylation sites is 1. The average Bonchev–Trinajstić information content (AvgIpc) is 2.69. The van der Waals surface area contributed by atoms with Gasteiger partial charge in [-0.1, -0.05) is 18.2 Å². The van der Waals surface area contributed by atoms with Gasteiger partial charge in [0, 0.05) is 24.2 Å². The van der Waals surface area contributed by atoms with Crippen LogP contribution in [0.25, 0.3) is 11.4 Å². The molecule has 0 aliphatic carbocycles. The molecule has 130 valence electrons. The Balaban J connectivity index is 2.00. The number of rotatable bonds is 6. The summed E-state index contributed by atoms with van der Waals surface area (Å²) in [5, 5.41) is 15.0. The standard InChI is InChI=1S/C20H18N4O2/c1-26-17-9-7-16(8-10-17)24-14-12-19(25)20(23-24)18(11-13-21)22-15-5-3-2-4-6-15/h2-14,21-22H,1H3/b18-11-,21-13?. The third-order valence-corrected chi connectivity index (χ3v) is 3.70. The second-order valence-electron chi connectivity index (χ2n) is 5.41. The third kappa shape index (κ3) is 3.87. The van der Waals surface area contributed by atoms with E-state index in [4.69, 9.17) is 10.1 Å². The number of hydrogen-bond donors (Lipinski definition) is 2. The van der Waals surface area contributed by atoms with E-state index in [1.54, 1.807) is 18.0 Å². The Hall–Kier alpha value is -3.67. The number of hydrogen-bond acceptors (Lipinski definition) is 5. The molecule has 0 aliphatic heterocycles. The molecule has 1 aromatic heterocycles. The Morgan fingerprint density at radius 3 is 2.50 bits per heavy atom. The number of aromatic nitrogens is 2. The maximum Gasteiger partial charge on any atom is 0.209 e. The van der Waals surface area contributed by atoms with Crippen molar-refractivity contribution < 1.29 is 4.74 Å². The summed E-state index contributed by atoms with van der Waals surface area (Å²) < 4.78 is 6.77. The molecule has 0 saturated heterocycles. The molecule has 3 rings (SSSR count). The van der Waals surface area contributed by atoms with Crippen LogP contribution in [0.1, 0.15) is 5.69 Å². The summed E-state index contributed by atoms with van der Waals surface area (Å²) in [7, 11) is 1.61. The number of allylic oxidation sites excluding steroid dienone is 1. The normalized spacial score (nSPS) is 11.0. The molecule has 2 N–H and O–H groups in total. The highest BCUT2D eigenvalue weighted by molar-refractivity contribution is 5.86. The van der Waals surface area contributed by atoms with E-state index in [1.165, 1.54) is 12.1 Å². The fraction of sp³-hybridized carbons (Fsp3) is 0.0500. The van der Waals surface area contributed by atoms with E-state index in [0.717, 1.165) is 23.3 Å². The van der Waals surface area contributed by atoms with Gasteiger partial charge in [0.05, 0.1) is 18.5 Å². The first kappa shape index (κ1) is 17.2. The molecule has 0 radical (unpaired) electrons. The first-order chi connectivity index (χ1) is 12.7. The lowest BCUT2D eigenvalue weighted by atomic mass is 10.2. The van der Waals surface area contributed by atoms with Crippen LogP contribution in [0.3, 0.4) is 0 Å². The number of nitrogens with zero attached hydrogens (tertiary/aromatic N) is 2. The third-order valence-electron chi connectivity index (χ3n) is 3.70. The first-order valence-corrected chi connectivity index (χ1v) is 7.99. The zero-order valence-electron chi connectivity index (χ0n) is 14.2. The van der Waals surface area contributed by atoms with Crippen molar-refractivity contribution in [3.05, 3.63) is 88.9 Å². The van der Waals surface area contributed by atoms with Crippen molar-refractivity contribution in [2.24, 2.45) is 0 Å². The average molecular weight is 346 g/mol. The summed E-state index contributed by atoms with van der Waals surface area (Å²) in [6.45, 7) is 0. The van der Waals surface area contributed by atoms with E-state index in [9.17, 15) is 4.79 Å². The quantitative estimate of drug-likeness (QED) is 0.671. The Bertz CT molecular complexity index is 977. The SMILES string of the molecule is COc1ccc(-n2ccc(=O)c(/C(=C/C=N)Nc3ccccc3)n2)cc1. The van der Waals surface area contributed by atoms with Crippen molar-refractivity contribution in [3.8, 4) is 11.4 Å². The molecule has 3 aromatic rings. The number of ether oxygens (including phenoxy) is 1. The van der Waals surface area contributed by atoms with Gasteiger partial charge in [-0.05, 0) is 42.5 Å². The Labute approximate surface area is 150 Å². The van der Waals surface area contributed by atoms with E-state index in [0.29, 0.717) is 5.70 Å². The predicted molar refractivity (Wildman–Crippen MR) is 103 cm³/mol. The van der Waals surface area contributed by atoms with Gasteiger partial charge in [-0.3, -0.25) is 4.79 Å². The van der Waals surface area contributed by atoms with Crippen LogP contribution in [-0.4, -0.2) is 23.1 Å². The van der Waals surface area contributed by atoms with Gasteiger partial charge in [0.15, 0.2) is 5.69 Å². The predicted octanol–water partition coefficient (Wildman–Crippen LogP) is 3.34. The molecule has 2 aromatic carbocycles. The lowest BCUT2D eigenvalue weighted by Crippen LogP contribution is -2.18. The van der Waals surface area contributed by atoms with Gasteiger partial charge >= 0.3 is 0 Å². The Morgan fingerprint density at radius 2 is 1.85 bits per heavy atom.